The lowest BCUT2D eigenvalue weighted by Gasteiger charge is -2.26. The lowest BCUT2D eigenvalue weighted by atomic mass is 10.1. The molecule has 0 aliphatic heterocycles. The largest absolute Gasteiger partial charge is 0.444 e. The highest BCUT2D eigenvalue weighted by molar-refractivity contribution is 6.88. The Morgan fingerprint density at radius 1 is 1.15 bits per heavy atom. The zero-order valence-electron chi connectivity index (χ0n) is 16.2. The van der Waals surface area contributed by atoms with Crippen molar-refractivity contribution in [2.24, 2.45) is 0 Å². The molecule has 0 unspecified atom stereocenters. The summed E-state index contributed by atoms with van der Waals surface area (Å²) in [6.07, 6.45) is 1.70. The number of aromatic amines is 1. The minimum atomic E-state index is -1.53. The van der Waals surface area contributed by atoms with Crippen LogP contribution in [-0.2, 0) is 4.74 Å². The fourth-order valence-corrected chi connectivity index (χ4v) is 3.73. The van der Waals surface area contributed by atoms with Crippen molar-refractivity contribution in [2.75, 3.05) is 0 Å². The van der Waals surface area contributed by atoms with Crippen molar-refractivity contribution >= 4 is 25.4 Å². The van der Waals surface area contributed by atoms with Gasteiger partial charge in [0, 0.05) is 0 Å². The van der Waals surface area contributed by atoms with Crippen LogP contribution in [0.5, 0.6) is 0 Å². The fraction of sp³-hybridized carbons (Fsp3) is 0.556. The molecule has 1 aromatic heterocycles. The van der Waals surface area contributed by atoms with E-state index in [2.05, 4.69) is 35.3 Å². The number of aromatic nitrogens is 1. The number of carbonyl (C=O) groups is 2. The van der Waals surface area contributed by atoms with E-state index in [0.29, 0.717) is 5.69 Å². The first-order chi connectivity index (χ1) is 11.9. The van der Waals surface area contributed by atoms with Gasteiger partial charge in [0.05, 0.1) is 26.3 Å². The summed E-state index contributed by atoms with van der Waals surface area (Å²) in [5.74, 6) is -0.283. The highest BCUT2D eigenvalue weighted by Crippen LogP contribution is 2.15. The monoisotopic (exact) mass is 379 g/mol. The second-order valence-corrected chi connectivity index (χ2v) is 13.6. The van der Waals surface area contributed by atoms with Crippen molar-refractivity contribution in [3.63, 3.8) is 0 Å². The Labute approximate surface area is 155 Å². The van der Waals surface area contributed by atoms with Crippen LogP contribution in [0.1, 0.15) is 31.3 Å². The second-order valence-electron chi connectivity index (χ2n) is 8.58. The average molecular weight is 380 g/mol. The zero-order chi connectivity index (χ0) is 19.7. The molecule has 0 fully saturated rings. The first-order valence-corrected chi connectivity index (χ1v) is 12.2. The van der Waals surface area contributed by atoms with Gasteiger partial charge in [0.15, 0.2) is 0 Å². The standard InChI is InChI=1S/C18H29N3O4Si/c1-18(2,3)25-17(24)21-15-11(7-9-13(15)22)20-16(23)12-8-10-14(19-12)26(4,5)6/h7-11,13,15,19,22H,1-6H3,(H,20,23)(H,21,24)/t11-,13-,15+/m1/s1. The van der Waals surface area contributed by atoms with E-state index >= 15 is 0 Å². The molecule has 0 bridgehead atoms. The summed E-state index contributed by atoms with van der Waals surface area (Å²) in [7, 11) is -1.53. The van der Waals surface area contributed by atoms with Gasteiger partial charge in [-0.1, -0.05) is 31.8 Å². The van der Waals surface area contributed by atoms with Crippen molar-refractivity contribution in [1.82, 2.24) is 15.6 Å². The van der Waals surface area contributed by atoms with Crippen molar-refractivity contribution in [3.05, 3.63) is 30.0 Å². The molecule has 144 valence electrons. The molecular weight excluding hydrogens is 350 g/mol. The number of alkyl carbamates (subject to hydrolysis) is 1. The Balaban J connectivity index is 2.02. The minimum absolute atomic E-state index is 0.283. The Bertz CT molecular complexity index is 700. The molecule has 0 aromatic carbocycles. The normalized spacial score (nSPS) is 23.0. The van der Waals surface area contributed by atoms with Crippen molar-refractivity contribution in [1.29, 1.82) is 0 Å². The summed E-state index contributed by atoms with van der Waals surface area (Å²) < 4.78 is 5.22. The summed E-state index contributed by atoms with van der Waals surface area (Å²) in [6.45, 7) is 11.9. The molecule has 0 spiro atoms. The third kappa shape index (κ3) is 5.22. The molecule has 1 aromatic rings. The van der Waals surface area contributed by atoms with Crippen LogP contribution in [0.2, 0.25) is 19.6 Å². The second kappa shape index (κ2) is 7.28. The van der Waals surface area contributed by atoms with E-state index in [4.69, 9.17) is 4.74 Å². The number of hydrogen-bond donors (Lipinski definition) is 4. The number of H-pyrrole nitrogens is 1. The molecule has 3 atom stereocenters. The topological polar surface area (TPSA) is 103 Å². The SMILES string of the molecule is CC(C)(C)OC(=O)N[C@@H]1[C@H](O)C=C[C@H]1NC(=O)c1ccc([Si](C)(C)C)[nH]1. The summed E-state index contributed by atoms with van der Waals surface area (Å²) in [4.78, 5) is 27.7. The van der Waals surface area contributed by atoms with Gasteiger partial charge < -0.3 is 25.5 Å². The molecule has 2 rings (SSSR count). The van der Waals surface area contributed by atoms with Crippen molar-refractivity contribution < 1.29 is 19.4 Å². The van der Waals surface area contributed by atoms with Crippen LogP contribution in [0.3, 0.4) is 0 Å². The van der Waals surface area contributed by atoms with Crippen LogP contribution in [0.4, 0.5) is 4.79 Å². The Morgan fingerprint density at radius 3 is 2.35 bits per heavy atom. The molecular formula is C18H29N3O4Si. The van der Waals surface area contributed by atoms with E-state index in [9.17, 15) is 14.7 Å². The van der Waals surface area contributed by atoms with E-state index in [1.54, 1.807) is 39.0 Å². The summed E-state index contributed by atoms with van der Waals surface area (Å²) in [5, 5.41) is 16.6. The van der Waals surface area contributed by atoms with Gasteiger partial charge in [0.25, 0.3) is 5.91 Å². The molecule has 0 saturated carbocycles. The Kier molecular flexibility index (Phi) is 5.67. The molecule has 2 amide bonds. The first-order valence-electron chi connectivity index (χ1n) is 8.73. The van der Waals surface area contributed by atoms with Crippen LogP contribution in [0, 0.1) is 0 Å². The van der Waals surface area contributed by atoms with Crippen LogP contribution in [0.25, 0.3) is 0 Å². The average Bonchev–Trinajstić information content (AvgIpc) is 3.07. The number of rotatable bonds is 4. The van der Waals surface area contributed by atoms with E-state index in [1.807, 2.05) is 6.07 Å². The number of aliphatic hydroxyl groups excluding tert-OH is 1. The van der Waals surface area contributed by atoms with Gasteiger partial charge in [0.1, 0.15) is 11.3 Å². The van der Waals surface area contributed by atoms with Gasteiger partial charge in [-0.05, 0) is 38.2 Å². The summed E-state index contributed by atoms with van der Waals surface area (Å²) in [6, 6.07) is 2.49. The molecule has 0 radical (unpaired) electrons. The molecule has 1 heterocycles. The minimum Gasteiger partial charge on any atom is -0.444 e. The quantitative estimate of drug-likeness (QED) is 0.470. The number of ether oxygens (including phenoxy) is 1. The molecule has 26 heavy (non-hydrogen) atoms. The molecule has 4 N–H and O–H groups in total. The Morgan fingerprint density at radius 2 is 1.81 bits per heavy atom. The lowest BCUT2D eigenvalue weighted by Crippen LogP contribution is -2.54. The third-order valence-corrected chi connectivity index (χ3v) is 5.90. The van der Waals surface area contributed by atoms with Gasteiger partial charge in [-0.3, -0.25) is 4.79 Å². The number of nitrogens with one attached hydrogen (secondary N) is 3. The highest BCUT2D eigenvalue weighted by atomic mass is 28.3. The predicted molar refractivity (Wildman–Crippen MR) is 103 cm³/mol. The maximum Gasteiger partial charge on any atom is 0.408 e. The van der Waals surface area contributed by atoms with Gasteiger partial charge in [-0.15, -0.1) is 0 Å². The van der Waals surface area contributed by atoms with Crippen LogP contribution in [0.15, 0.2) is 24.3 Å². The summed E-state index contributed by atoms with van der Waals surface area (Å²) in [5.41, 5.74) is -0.176. The zero-order valence-corrected chi connectivity index (χ0v) is 17.2. The van der Waals surface area contributed by atoms with E-state index in [0.717, 1.165) is 5.32 Å². The summed E-state index contributed by atoms with van der Waals surface area (Å²) >= 11 is 0. The van der Waals surface area contributed by atoms with Crippen LogP contribution < -0.4 is 16.0 Å². The van der Waals surface area contributed by atoms with Gasteiger partial charge in [0.2, 0.25) is 0 Å². The smallest absolute Gasteiger partial charge is 0.408 e. The van der Waals surface area contributed by atoms with Crippen molar-refractivity contribution in [2.45, 2.75) is 64.2 Å². The molecule has 1 aliphatic carbocycles. The maximum atomic E-state index is 12.5. The maximum absolute atomic E-state index is 12.5. The van der Waals surface area contributed by atoms with E-state index in [1.165, 1.54) is 0 Å². The number of aliphatic hydroxyl groups is 1. The third-order valence-electron chi connectivity index (χ3n) is 3.99. The van der Waals surface area contributed by atoms with Gasteiger partial charge in [-0.25, -0.2) is 4.79 Å². The molecule has 8 heteroatoms. The molecule has 1 aliphatic rings. The number of hydrogen-bond acceptors (Lipinski definition) is 4. The van der Waals surface area contributed by atoms with E-state index < -0.39 is 38.0 Å². The predicted octanol–water partition coefficient (Wildman–Crippen LogP) is 1.48. The number of amides is 2. The lowest BCUT2D eigenvalue weighted by molar-refractivity contribution is 0.0446. The van der Waals surface area contributed by atoms with Gasteiger partial charge in [-0.2, -0.15) is 0 Å². The molecule has 7 nitrogen and oxygen atoms in total. The fourth-order valence-electron chi connectivity index (χ4n) is 2.64. The molecule has 0 saturated heterocycles. The van der Waals surface area contributed by atoms with Crippen LogP contribution in [-0.4, -0.2) is 54.0 Å². The first kappa shape index (κ1) is 20.3. The Hall–Kier alpha value is -2.06. The van der Waals surface area contributed by atoms with Crippen LogP contribution >= 0.6 is 0 Å². The number of carbonyl (C=O) groups excluding carboxylic acids is 2. The van der Waals surface area contributed by atoms with Gasteiger partial charge >= 0.3 is 6.09 Å². The highest BCUT2D eigenvalue weighted by Gasteiger charge is 2.34. The van der Waals surface area contributed by atoms with E-state index in [-0.39, 0.29) is 5.91 Å². The van der Waals surface area contributed by atoms with Crippen molar-refractivity contribution in [3.8, 4) is 0 Å².